The summed E-state index contributed by atoms with van der Waals surface area (Å²) in [6.45, 7) is 0. The van der Waals surface area contributed by atoms with Gasteiger partial charge in [-0.1, -0.05) is 6.07 Å². The predicted octanol–water partition coefficient (Wildman–Crippen LogP) is 1.95. The topological polar surface area (TPSA) is 52.5 Å². The van der Waals surface area contributed by atoms with Crippen molar-refractivity contribution in [1.29, 1.82) is 5.26 Å². The zero-order valence-corrected chi connectivity index (χ0v) is 6.86. The van der Waals surface area contributed by atoms with Gasteiger partial charge in [0, 0.05) is 6.20 Å². The molecular formula is C10H7N3. The van der Waals surface area contributed by atoms with E-state index in [2.05, 4.69) is 9.97 Å². The number of H-pyrrole nitrogens is 1. The molecule has 0 atom stereocenters. The minimum atomic E-state index is 0.437. The van der Waals surface area contributed by atoms with E-state index in [9.17, 15) is 0 Å². The molecule has 0 bridgehead atoms. The largest absolute Gasteiger partial charge is 0.360 e. The average molecular weight is 169 g/mol. The van der Waals surface area contributed by atoms with Gasteiger partial charge in [0.25, 0.3) is 0 Å². The van der Waals surface area contributed by atoms with Crippen LogP contribution in [0.5, 0.6) is 0 Å². The average Bonchev–Trinajstić information content (AvgIpc) is 2.71. The van der Waals surface area contributed by atoms with Crippen LogP contribution in [-0.2, 0) is 0 Å². The first-order valence-electron chi connectivity index (χ1n) is 3.91. The molecule has 3 heteroatoms. The second-order valence-corrected chi connectivity index (χ2v) is 2.60. The van der Waals surface area contributed by atoms with Gasteiger partial charge in [0.05, 0.1) is 11.4 Å². The highest BCUT2D eigenvalue weighted by atomic mass is 14.8. The van der Waals surface area contributed by atoms with Gasteiger partial charge in [-0.25, -0.2) is 4.98 Å². The molecule has 2 aromatic heterocycles. The summed E-state index contributed by atoms with van der Waals surface area (Å²) in [5.74, 6) is 0. The fourth-order valence-electron chi connectivity index (χ4n) is 1.14. The van der Waals surface area contributed by atoms with E-state index in [1.807, 2.05) is 36.5 Å². The maximum absolute atomic E-state index is 8.64. The Morgan fingerprint density at radius 2 is 2.15 bits per heavy atom. The van der Waals surface area contributed by atoms with E-state index < -0.39 is 0 Å². The summed E-state index contributed by atoms with van der Waals surface area (Å²) in [5, 5.41) is 8.64. The smallest absolute Gasteiger partial charge is 0.141 e. The van der Waals surface area contributed by atoms with E-state index in [-0.39, 0.29) is 0 Å². The first-order valence-corrected chi connectivity index (χ1v) is 3.91. The van der Waals surface area contributed by atoms with E-state index in [4.69, 9.17) is 5.26 Å². The molecule has 0 aliphatic rings. The molecule has 2 aromatic rings. The quantitative estimate of drug-likeness (QED) is 0.709. The molecule has 0 saturated carbocycles. The number of pyridine rings is 1. The molecule has 0 spiro atoms. The van der Waals surface area contributed by atoms with E-state index in [0.717, 1.165) is 11.4 Å². The second kappa shape index (κ2) is 3.11. The van der Waals surface area contributed by atoms with Gasteiger partial charge < -0.3 is 4.98 Å². The van der Waals surface area contributed by atoms with Crippen molar-refractivity contribution < 1.29 is 0 Å². The lowest BCUT2D eigenvalue weighted by Crippen LogP contribution is -1.86. The minimum Gasteiger partial charge on any atom is -0.360 e. The number of nitriles is 1. The van der Waals surface area contributed by atoms with Crippen LogP contribution in [0.3, 0.4) is 0 Å². The summed E-state index contributed by atoms with van der Waals surface area (Å²) in [6.07, 6.45) is 1.83. The van der Waals surface area contributed by atoms with Crippen LogP contribution in [0.1, 0.15) is 5.69 Å². The molecule has 1 N–H and O–H groups in total. The fourth-order valence-corrected chi connectivity index (χ4v) is 1.14. The Morgan fingerprint density at radius 3 is 2.85 bits per heavy atom. The molecule has 62 valence electrons. The number of aromatic amines is 1. The molecule has 13 heavy (non-hydrogen) atoms. The third-order valence-electron chi connectivity index (χ3n) is 1.74. The monoisotopic (exact) mass is 169 g/mol. The lowest BCUT2D eigenvalue weighted by atomic mass is 10.2. The highest BCUT2D eigenvalue weighted by Crippen LogP contribution is 2.13. The number of nitrogens with one attached hydrogen (secondary N) is 1. The van der Waals surface area contributed by atoms with Gasteiger partial charge >= 0.3 is 0 Å². The Kier molecular flexibility index (Phi) is 1.81. The SMILES string of the molecule is N#Cc1cccc(-c2ccc[nH]2)n1. The van der Waals surface area contributed by atoms with Gasteiger partial charge in [-0.05, 0) is 24.3 Å². The summed E-state index contributed by atoms with van der Waals surface area (Å²) < 4.78 is 0. The van der Waals surface area contributed by atoms with Gasteiger partial charge in [0.15, 0.2) is 0 Å². The minimum absolute atomic E-state index is 0.437. The maximum atomic E-state index is 8.64. The Labute approximate surface area is 75.7 Å². The summed E-state index contributed by atoms with van der Waals surface area (Å²) >= 11 is 0. The highest BCUT2D eigenvalue weighted by Gasteiger charge is 1.99. The summed E-state index contributed by atoms with van der Waals surface area (Å²) in [6, 6.07) is 11.2. The van der Waals surface area contributed by atoms with Gasteiger partial charge in [0.2, 0.25) is 0 Å². The second-order valence-electron chi connectivity index (χ2n) is 2.60. The Balaban J connectivity index is 2.49. The zero-order valence-electron chi connectivity index (χ0n) is 6.86. The number of hydrogen-bond acceptors (Lipinski definition) is 2. The van der Waals surface area contributed by atoms with Crippen LogP contribution < -0.4 is 0 Å². The van der Waals surface area contributed by atoms with Crippen LogP contribution in [0, 0.1) is 11.3 Å². The Hall–Kier alpha value is -2.08. The molecule has 0 amide bonds. The first kappa shape index (κ1) is 7.56. The molecule has 2 heterocycles. The molecular weight excluding hydrogens is 162 g/mol. The van der Waals surface area contributed by atoms with Gasteiger partial charge in [-0.3, -0.25) is 0 Å². The van der Waals surface area contributed by atoms with Gasteiger partial charge in [-0.15, -0.1) is 0 Å². The molecule has 3 nitrogen and oxygen atoms in total. The van der Waals surface area contributed by atoms with Crippen LogP contribution in [0.15, 0.2) is 36.5 Å². The molecule has 0 aromatic carbocycles. The third kappa shape index (κ3) is 1.42. The van der Waals surface area contributed by atoms with Crippen molar-refractivity contribution in [3.05, 3.63) is 42.2 Å². The number of aromatic nitrogens is 2. The summed E-state index contributed by atoms with van der Waals surface area (Å²) in [5.41, 5.74) is 2.16. The molecule has 2 rings (SSSR count). The van der Waals surface area contributed by atoms with Crippen molar-refractivity contribution in [3.8, 4) is 17.5 Å². The van der Waals surface area contributed by atoms with Gasteiger partial charge in [-0.2, -0.15) is 5.26 Å². The van der Waals surface area contributed by atoms with E-state index in [0.29, 0.717) is 5.69 Å². The Morgan fingerprint density at radius 1 is 1.23 bits per heavy atom. The lowest BCUT2D eigenvalue weighted by Gasteiger charge is -1.95. The van der Waals surface area contributed by atoms with Crippen LogP contribution >= 0.6 is 0 Å². The summed E-state index contributed by atoms with van der Waals surface area (Å²) in [4.78, 5) is 7.17. The van der Waals surface area contributed by atoms with Crippen LogP contribution in [0.4, 0.5) is 0 Å². The number of hydrogen-bond donors (Lipinski definition) is 1. The molecule has 0 aliphatic heterocycles. The van der Waals surface area contributed by atoms with Crippen molar-refractivity contribution in [2.24, 2.45) is 0 Å². The fraction of sp³-hybridized carbons (Fsp3) is 0. The molecule has 0 saturated heterocycles. The normalized spacial score (nSPS) is 9.46. The lowest BCUT2D eigenvalue weighted by molar-refractivity contribution is 1.24. The van der Waals surface area contributed by atoms with Gasteiger partial charge in [0.1, 0.15) is 11.8 Å². The van der Waals surface area contributed by atoms with Crippen molar-refractivity contribution in [1.82, 2.24) is 9.97 Å². The van der Waals surface area contributed by atoms with Crippen molar-refractivity contribution in [2.75, 3.05) is 0 Å². The summed E-state index contributed by atoms with van der Waals surface area (Å²) in [7, 11) is 0. The highest BCUT2D eigenvalue weighted by molar-refractivity contribution is 5.54. The zero-order chi connectivity index (χ0) is 9.10. The third-order valence-corrected chi connectivity index (χ3v) is 1.74. The molecule has 0 radical (unpaired) electrons. The van der Waals surface area contributed by atoms with Crippen LogP contribution in [0.25, 0.3) is 11.4 Å². The van der Waals surface area contributed by atoms with Crippen LogP contribution in [0.2, 0.25) is 0 Å². The first-order chi connectivity index (χ1) is 6.40. The van der Waals surface area contributed by atoms with Crippen LogP contribution in [-0.4, -0.2) is 9.97 Å². The number of rotatable bonds is 1. The standard InChI is InChI=1S/C10H7N3/c11-7-8-3-1-4-10(13-8)9-5-2-6-12-9/h1-6,12H. The molecule has 0 aliphatic carbocycles. The molecule has 0 unspecified atom stereocenters. The van der Waals surface area contributed by atoms with Crippen molar-refractivity contribution in [3.63, 3.8) is 0 Å². The predicted molar refractivity (Wildman–Crippen MR) is 48.7 cm³/mol. The van der Waals surface area contributed by atoms with E-state index in [1.165, 1.54) is 0 Å². The Bertz CT molecular complexity index is 437. The van der Waals surface area contributed by atoms with E-state index >= 15 is 0 Å². The maximum Gasteiger partial charge on any atom is 0.141 e. The number of nitrogens with zero attached hydrogens (tertiary/aromatic N) is 2. The van der Waals surface area contributed by atoms with Crippen molar-refractivity contribution >= 4 is 0 Å². The van der Waals surface area contributed by atoms with Crippen molar-refractivity contribution in [2.45, 2.75) is 0 Å². The van der Waals surface area contributed by atoms with E-state index in [1.54, 1.807) is 6.07 Å². The molecule has 0 fully saturated rings.